The Kier molecular flexibility index (Phi) is 6.46. The highest BCUT2D eigenvalue weighted by atomic mass is 79.9. The number of halogens is 1. The second-order valence-corrected chi connectivity index (χ2v) is 7.68. The van der Waals surface area contributed by atoms with Crippen LogP contribution in [0.15, 0.2) is 63.6 Å². The van der Waals surface area contributed by atoms with Crippen LogP contribution in [0.1, 0.15) is 32.7 Å². The van der Waals surface area contributed by atoms with Crippen LogP contribution in [0.4, 0.5) is 0 Å². The van der Waals surface area contributed by atoms with Crippen LogP contribution in [0, 0.1) is 5.92 Å². The standard InChI is InChI=1S/C21H22BrN3O3/c1-13(2)18(21-24-19(25-28-21)15-7-5-4-6-8-15)23-20(26)14(3)27-17-11-9-16(22)10-12-17/h4-14,18H,1-3H3,(H,23,26)/t14-,18-/m0/s1. The van der Waals surface area contributed by atoms with Crippen molar-refractivity contribution in [3.63, 3.8) is 0 Å². The van der Waals surface area contributed by atoms with Gasteiger partial charge in [0.05, 0.1) is 0 Å². The van der Waals surface area contributed by atoms with E-state index in [4.69, 9.17) is 9.26 Å². The van der Waals surface area contributed by atoms with Gasteiger partial charge in [0.15, 0.2) is 6.10 Å². The maximum absolute atomic E-state index is 12.6. The van der Waals surface area contributed by atoms with Gasteiger partial charge >= 0.3 is 0 Å². The Morgan fingerprint density at radius 2 is 1.75 bits per heavy atom. The summed E-state index contributed by atoms with van der Waals surface area (Å²) in [6.45, 7) is 5.67. The van der Waals surface area contributed by atoms with Gasteiger partial charge in [0.2, 0.25) is 11.7 Å². The monoisotopic (exact) mass is 443 g/mol. The zero-order chi connectivity index (χ0) is 20.1. The lowest BCUT2D eigenvalue weighted by Gasteiger charge is -2.21. The number of benzene rings is 2. The van der Waals surface area contributed by atoms with Gasteiger partial charge in [-0.2, -0.15) is 4.98 Å². The van der Waals surface area contributed by atoms with E-state index in [1.165, 1.54) is 0 Å². The van der Waals surface area contributed by atoms with Crippen molar-refractivity contribution >= 4 is 21.8 Å². The summed E-state index contributed by atoms with van der Waals surface area (Å²) in [6, 6.07) is 16.5. The number of carbonyl (C=O) groups excluding carboxylic acids is 1. The van der Waals surface area contributed by atoms with Crippen LogP contribution in [-0.2, 0) is 4.79 Å². The maximum Gasteiger partial charge on any atom is 0.261 e. The molecule has 0 bridgehead atoms. The summed E-state index contributed by atoms with van der Waals surface area (Å²) in [4.78, 5) is 17.1. The van der Waals surface area contributed by atoms with Crippen molar-refractivity contribution in [2.75, 3.05) is 0 Å². The highest BCUT2D eigenvalue weighted by Gasteiger charge is 2.27. The first-order valence-electron chi connectivity index (χ1n) is 9.05. The van der Waals surface area contributed by atoms with Crippen LogP contribution in [0.25, 0.3) is 11.4 Å². The van der Waals surface area contributed by atoms with E-state index in [-0.39, 0.29) is 11.8 Å². The first kappa shape index (κ1) is 20.1. The lowest BCUT2D eigenvalue weighted by atomic mass is 10.0. The maximum atomic E-state index is 12.6. The first-order valence-corrected chi connectivity index (χ1v) is 9.85. The van der Waals surface area contributed by atoms with Crippen LogP contribution in [0.3, 0.4) is 0 Å². The minimum absolute atomic E-state index is 0.0629. The highest BCUT2D eigenvalue weighted by molar-refractivity contribution is 9.10. The number of hydrogen-bond donors (Lipinski definition) is 1. The van der Waals surface area contributed by atoms with Crippen molar-refractivity contribution in [3.8, 4) is 17.1 Å². The molecule has 0 aliphatic rings. The predicted octanol–water partition coefficient (Wildman–Crippen LogP) is 4.78. The van der Waals surface area contributed by atoms with Gasteiger partial charge in [-0.25, -0.2) is 0 Å². The van der Waals surface area contributed by atoms with Crippen molar-refractivity contribution < 1.29 is 14.1 Å². The van der Waals surface area contributed by atoms with Crippen molar-refractivity contribution in [2.24, 2.45) is 5.92 Å². The van der Waals surface area contributed by atoms with E-state index in [2.05, 4.69) is 31.4 Å². The zero-order valence-electron chi connectivity index (χ0n) is 15.9. The largest absolute Gasteiger partial charge is 0.481 e. The summed E-state index contributed by atoms with van der Waals surface area (Å²) in [5.41, 5.74) is 0.860. The molecule has 146 valence electrons. The average Bonchev–Trinajstić information content (AvgIpc) is 3.18. The Hall–Kier alpha value is -2.67. The number of aromatic nitrogens is 2. The van der Waals surface area contributed by atoms with Crippen molar-refractivity contribution in [2.45, 2.75) is 32.9 Å². The molecule has 0 saturated carbocycles. The third-order valence-electron chi connectivity index (χ3n) is 4.20. The molecule has 2 atom stereocenters. The van der Waals surface area contributed by atoms with E-state index in [1.54, 1.807) is 19.1 Å². The topological polar surface area (TPSA) is 77.2 Å². The van der Waals surface area contributed by atoms with Crippen LogP contribution >= 0.6 is 15.9 Å². The molecule has 1 N–H and O–H groups in total. The van der Waals surface area contributed by atoms with Gasteiger partial charge in [-0.1, -0.05) is 65.3 Å². The number of amides is 1. The van der Waals surface area contributed by atoms with Gasteiger partial charge in [0.1, 0.15) is 11.8 Å². The van der Waals surface area contributed by atoms with Crippen LogP contribution < -0.4 is 10.1 Å². The van der Waals surface area contributed by atoms with Gasteiger partial charge in [-0.05, 0) is 37.1 Å². The number of carbonyl (C=O) groups is 1. The zero-order valence-corrected chi connectivity index (χ0v) is 17.5. The molecule has 0 aliphatic carbocycles. The molecule has 0 spiro atoms. The van der Waals surface area contributed by atoms with Crippen LogP contribution in [0.5, 0.6) is 5.75 Å². The lowest BCUT2D eigenvalue weighted by Crippen LogP contribution is -2.40. The fraction of sp³-hybridized carbons (Fsp3) is 0.286. The summed E-state index contributed by atoms with van der Waals surface area (Å²) in [5, 5.41) is 7.00. The number of ether oxygens (including phenoxy) is 1. The van der Waals surface area contributed by atoms with E-state index >= 15 is 0 Å². The summed E-state index contributed by atoms with van der Waals surface area (Å²) < 4.78 is 12.1. The third-order valence-corrected chi connectivity index (χ3v) is 4.73. The summed E-state index contributed by atoms with van der Waals surface area (Å²) in [5.74, 6) is 1.30. The van der Waals surface area contributed by atoms with Gasteiger partial charge in [-0.3, -0.25) is 4.79 Å². The smallest absolute Gasteiger partial charge is 0.261 e. The average molecular weight is 444 g/mol. The van der Waals surface area contributed by atoms with Crippen molar-refractivity contribution in [3.05, 3.63) is 65.0 Å². The SMILES string of the molecule is CC(C)[C@H](NC(=O)[C@H](C)Oc1ccc(Br)cc1)c1nc(-c2ccccc2)no1. The number of nitrogens with zero attached hydrogens (tertiary/aromatic N) is 2. The highest BCUT2D eigenvalue weighted by Crippen LogP contribution is 2.24. The van der Waals surface area contributed by atoms with Gasteiger partial charge < -0.3 is 14.6 Å². The predicted molar refractivity (Wildman–Crippen MR) is 110 cm³/mol. The molecule has 1 amide bonds. The van der Waals surface area contributed by atoms with Gasteiger partial charge in [-0.15, -0.1) is 0 Å². The quantitative estimate of drug-likeness (QED) is 0.568. The van der Waals surface area contributed by atoms with Crippen LogP contribution in [-0.4, -0.2) is 22.2 Å². The molecule has 1 aromatic heterocycles. The minimum atomic E-state index is -0.668. The van der Waals surface area contributed by atoms with Crippen LogP contribution in [0.2, 0.25) is 0 Å². The lowest BCUT2D eigenvalue weighted by molar-refractivity contribution is -0.128. The number of hydrogen-bond acceptors (Lipinski definition) is 5. The molecule has 0 saturated heterocycles. The van der Waals surface area contributed by atoms with Gasteiger partial charge in [0, 0.05) is 10.0 Å². The van der Waals surface area contributed by atoms with E-state index in [0.29, 0.717) is 17.5 Å². The summed E-state index contributed by atoms with van der Waals surface area (Å²) in [7, 11) is 0. The Balaban J connectivity index is 1.69. The van der Waals surface area contributed by atoms with E-state index in [1.807, 2.05) is 56.3 Å². The molecular formula is C21H22BrN3O3. The van der Waals surface area contributed by atoms with E-state index in [9.17, 15) is 4.79 Å². The molecule has 0 unspecified atom stereocenters. The summed E-state index contributed by atoms with van der Waals surface area (Å²) in [6.07, 6.45) is -0.668. The molecule has 3 aromatic rings. The molecule has 6 nitrogen and oxygen atoms in total. The molecule has 7 heteroatoms. The van der Waals surface area contributed by atoms with Crippen molar-refractivity contribution in [1.82, 2.24) is 15.5 Å². The van der Waals surface area contributed by atoms with E-state index < -0.39 is 12.1 Å². The second-order valence-electron chi connectivity index (χ2n) is 6.77. The number of rotatable bonds is 7. The molecule has 0 fully saturated rings. The minimum Gasteiger partial charge on any atom is -0.481 e. The van der Waals surface area contributed by atoms with Crippen molar-refractivity contribution in [1.29, 1.82) is 0 Å². The molecule has 28 heavy (non-hydrogen) atoms. The Morgan fingerprint density at radius 1 is 1.07 bits per heavy atom. The second kappa shape index (κ2) is 9.01. The molecular weight excluding hydrogens is 422 g/mol. The molecule has 0 radical (unpaired) electrons. The molecule has 0 aliphatic heterocycles. The fourth-order valence-electron chi connectivity index (χ4n) is 2.62. The normalized spacial score (nSPS) is 13.2. The van der Waals surface area contributed by atoms with Gasteiger partial charge in [0.25, 0.3) is 5.91 Å². The van der Waals surface area contributed by atoms with E-state index in [0.717, 1.165) is 10.0 Å². The summed E-state index contributed by atoms with van der Waals surface area (Å²) >= 11 is 3.38. The molecule has 3 rings (SSSR count). The first-order chi connectivity index (χ1) is 13.4. The molecule has 2 aromatic carbocycles. The Labute approximate surface area is 172 Å². The molecule has 1 heterocycles. The Morgan fingerprint density at radius 3 is 2.39 bits per heavy atom. The Bertz CT molecular complexity index is 910. The fourth-order valence-corrected chi connectivity index (χ4v) is 2.89. The third kappa shape index (κ3) is 4.98. The number of nitrogens with one attached hydrogen (secondary N) is 1.